The Labute approximate surface area is 60.6 Å². The van der Waals surface area contributed by atoms with Crippen LogP contribution in [-0.2, 0) is 4.79 Å². The average molecular weight is 140 g/mol. The highest BCUT2D eigenvalue weighted by Gasteiger charge is 2.32. The standard InChI is InChI=1S/C8H12O2/c1-4-5(2)7(9)8(10)6(4)3/h5,7,9H,1-3H3/t5-,7+/m0/s1. The Hall–Kier alpha value is -0.630. The second-order valence-corrected chi connectivity index (χ2v) is 2.91. The third-order valence-corrected chi connectivity index (χ3v) is 2.39. The average Bonchev–Trinajstić information content (AvgIpc) is 2.07. The van der Waals surface area contributed by atoms with E-state index in [-0.39, 0.29) is 11.7 Å². The highest BCUT2D eigenvalue weighted by Crippen LogP contribution is 2.28. The van der Waals surface area contributed by atoms with Gasteiger partial charge in [-0.1, -0.05) is 12.5 Å². The number of Topliss-reactive ketones (excluding diaryl/α,β-unsaturated/α-hetero) is 1. The minimum absolute atomic E-state index is 0.0208. The molecule has 1 aliphatic rings. The fourth-order valence-electron chi connectivity index (χ4n) is 1.22. The molecule has 0 bridgehead atoms. The molecule has 2 nitrogen and oxygen atoms in total. The van der Waals surface area contributed by atoms with E-state index in [1.807, 2.05) is 13.8 Å². The molecule has 0 aromatic carbocycles. The summed E-state index contributed by atoms with van der Waals surface area (Å²) in [6, 6.07) is 0. The molecule has 0 fully saturated rings. The minimum atomic E-state index is -0.778. The lowest BCUT2D eigenvalue weighted by Gasteiger charge is -2.07. The van der Waals surface area contributed by atoms with Gasteiger partial charge in [0.1, 0.15) is 6.10 Å². The molecule has 1 rings (SSSR count). The molecular weight excluding hydrogens is 128 g/mol. The molecule has 0 aromatic rings. The molecule has 56 valence electrons. The smallest absolute Gasteiger partial charge is 0.187 e. The molecule has 0 aromatic heterocycles. The molecule has 0 saturated heterocycles. The van der Waals surface area contributed by atoms with Gasteiger partial charge in [-0.2, -0.15) is 0 Å². The molecule has 10 heavy (non-hydrogen) atoms. The lowest BCUT2D eigenvalue weighted by Crippen LogP contribution is -2.21. The molecule has 0 saturated carbocycles. The number of hydrogen-bond acceptors (Lipinski definition) is 2. The van der Waals surface area contributed by atoms with Crippen LogP contribution < -0.4 is 0 Å². The van der Waals surface area contributed by atoms with Gasteiger partial charge in [-0.3, -0.25) is 4.79 Å². The van der Waals surface area contributed by atoms with Gasteiger partial charge in [0.15, 0.2) is 5.78 Å². The van der Waals surface area contributed by atoms with E-state index in [9.17, 15) is 9.90 Å². The highest BCUT2D eigenvalue weighted by molar-refractivity contribution is 6.01. The van der Waals surface area contributed by atoms with Crippen molar-refractivity contribution >= 4 is 5.78 Å². The van der Waals surface area contributed by atoms with Crippen LogP contribution in [-0.4, -0.2) is 17.0 Å². The van der Waals surface area contributed by atoms with Gasteiger partial charge < -0.3 is 5.11 Å². The summed E-state index contributed by atoms with van der Waals surface area (Å²) in [5.74, 6) is -0.0856. The Bertz CT molecular complexity index is 203. The van der Waals surface area contributed by atoms with Crippen LogP contribution >= 0.6 is 0 Å². The molecule has 1 aliphatic carbocycles. The first kappa shape index (κ1) is 7.48. The maximum atomic E-state index is 11.0. The number of aliphatic hydroxyl groups excluding tert-OH is 1. The Kier molecular flexibility index (Phi) is 1.65. The summed E-state index contributed by atoms with van der Waals surface area (Å²) in [4.78, 5) is 11.0. The van der Waals surface area contributed by atoms with E-state index in [1.165, 1.54) is 0 Å². The van der Waals surface area contributed by atoms with Crippen molar-refractivity contribution in [3.63, 3.8) is 0 Å². The van der Waals surface area contributed by atoms with Crippen LogP contribution in [0.4, 0.5) is 0 Å². The monoisotopic (exact) mass is 140 g/mol. The van der Waals surface area contributed by atoms with Crippen molar-refractivity contribution in [1.82, 2.24) is 0 Å². The van der Waals surface area contributed by atoms with Crippen LogP contribution in [0.1, 0.15) is 20.8 Å². The predicted octanol–water partition coefficient (Wildman–Crippen LogP) is 0.903. The molecule has 0 amide bonds. The van der Waals surface area contributed by atoms with Gasteiger partial charge in [0.2, 0.25) is 0 Å². The van der Waals surface area contributed by atoms with Gasteiger partial charge in [0.05, 0.1) is 0 Å². The first-order valence-corrected chi connectivity index (χ1v) is 3.45. The number of aliphatic hydroxyl groups is 1. The number of ketones is 1. The summed E-state index contributed by atoms with van der Waals surface area (Å²) in [6.45, 7) is 5.53. The summed E-state index contributed by atoms with van der Waals surface area (Å²) in [6.07, 6.45) is -0.778. The lowest BCUT2D eigenvalue weighted by atomic mass is 10.0. The van der Waals surface area contributed by atoms with E-state index in [0.717, 1.165) is 11.1 Å². The largest absolute Gasteiger partial charge is 0.384 e. The summed E-state index contributed by atoms with van der Waals surface area (Å²) >= 11 is 0. The van der Waals surface area contributed by atoms with Crippen LogP contribution in [0, 0.1) is 5.92 Å². The van der Waals surface area contributed by atoms with E-state index in [4.69, 9.17) is 0 Å². The summed E-state index contributed by atoms with van der Waals surface area (Å²) in [5.41, 5.74) is 1.76. The summed E-state index contributed by atoms with van der Waals surface area (Å²) in [5, 5.41) is 9.22. The van der Waals surface area contributed by atoms with Crippen molar-refractivity contribution in [3.05, 3.63) is 11.1 Å². The van der Waals surface area contributed by atoms with Crippen molar-refractivity contribution in [2.24, 2.45) is 5.92 Å². The Morgan fingerprint density at radius 2 is 1.90 bits per heavy atom. The zero-order chi connectivity index (χ0) is 7.89. The van der Waals surface area contributed by atoms with E-state index in [0.29, 0.717) is 0 Å². The number of carbonyl (C=O) groups is 1. The zero-order valence-corrected chi connectivity index (χ0v) is 6.51. The van der Waals surface area contributed by atoms with Gasteiger partial charge >= 0.3 is 0 Å². The van der Waals surface area contributed by atoms with Crippen LogP contribution in [0.3, 0.4) is 0 Å². The second-order valence-electron chi connectivity index (χ2n) is 2.91. The lowest BCUT2D eigenvalue weighted by molar-refractivity contribution is -0.123. The van der Waals surface area contributed by atoms with Crippen molar-refractivity contribution in [2.75, 3.05) is 0 Å². The van der Waals surface area contributed by atoms with E-state index >= 15 is 0 Å². The maximum Gasteiger partial charge on any atom is 0.187 e. The molecule has 0 heterocycles. The number of rotatable bonds is 0. The minimum Gasteiger partial charge on any atom is -0.384 e. The summed E-state index contributed by atoms with van der Waals surface area (Å²) < 4.78 is 0. The van der Waals surface area contributed by atoms with Gasteiger partial charge in [0, 0.05) is 5.92 Å². The molecule has 0 spiro atoms. The molecule has 0 aliphatic heterocycles. The fraction of sp³-hybridized carbons (Fsp3) is 0.625. The highest BCUT2D eigenvalue weighted by atomic mass is 16.3. The number of carbonyl (C=O) groups excluding carboxylic acids is 1. The van der Waals surface area contributed by atoms with Gasteiger partial charge in [-0.25, -0.2) is 0 Å². The molecule has 1 N–H and O–H groups in total. The molecule has 2 atom stereocenters. The molecule has 0 radical (unpaired) electrons. The van der Waals surface area contributed by atoms with Gasteiger partial charge in [-0.05, 0) is 19.4 Å². The predicted molar refractivity (Wildman–Crippen MR) is 38.6 cm³/mol. The van der Waals surface area contributed by atoms with Gasteiger partial charge in [0.25, 0.3) is 0 Å². The number of hydrogen-bond donors (Lipinski definition) is 1. The third-order valence-electron chi connectivity index (χ3n) is 2.39. The van der Waals surface area contributed by atoms with Crippen LogP contribution in [0.2, 0.25) is 0 Å². The normalized spacial score (nSPS) is 33.8. The first-order valence-electron chi connectivity index (χ1n) is 3.45. The van der Waals surface area contributed by atoms with Crippen molar-refractivity contribution in [3.8, 4) is 0 Å². The molecule has 2 heteroatoms. The van der Waals surface area contributed by atoms with E-state index < -0.39 is 6.10 Å². The zero-order valence-electron chi connectivity index (χ0n) is 6.51. The van der Waals surface area contributed by atoms with Crippen LogP contribution in [0.25, 0.3) is 0 Å². The van der Waals surface area contributed by atoms with E-state index in [1.54, 1.807) is 6.92 Å². The quantitative estimate of drug-likeness (QED) is 0.543. The molecule has 0 unspecified atom stereocenters. The van der Waals surface area contributed by atoms with E-state index in [2.05, 4.69) is 0 Å². The van der Waals surface area contributed by atoms with Crippen molar-refractivity contribution in [1.29, 1.82) is 0 Å². The SMILES string of the molecule is CC1=C(C)[C@H](C)[C@@H](O)C1=O. The fourth-order valence-corrected chi connectivity index (χ4v) is 1.22. The van der Waals surface area contributed by atoms with Crippen LogP contribution in [0.15, 0.2) is 11.1 Å². The second kappa shape index (κ2) is 2.20. The first-order chi connectivity index (χ1) is 4.55. The Morgan fingerprint density at radius 3 is 2.00 bits per heavy atom. The Balaban J connectivity index is 2.99. The third kappa shape index (κ3) is 0.797. The molecular formula is C8H12O2. The summed E-state index contributed by atoms with van der Waals surface area (Å²) in [7, 11) is 0. The van der Waals surface area contributed by atoms with Gasteiger partial charge in [-0.15, -0.1) is 0 Å². The van der Waals surface area contributed by atoms with Crippen molar-refractivity contribution in [2.45, 2.75) is 26.9 Å². The Morgan fingerprint density at radius 1 is 1.40 bits per heavy atom. The maximum absolute atomic E-state index is 11.0. The van der Waals surface area contributed by atoms with Crippen LogP contribution in [0.5, 0.6) is 0 Å². The topological polar surface area (TPSA) is 37.3 Å². The van der Waals surface area contributed by atoms with Crippen molar-refractivity contribution < 1.29 is 9.90 Å².